The van der Waals surface area contributed by atoms with Crippen molar-refractivity contribution in [3.05, 3.63) is 59.7 Å². The van der Waals surface area contributed by atoms with Crippen molar-refractivity contribution < 1.29 is 44.0 Å². The van der Waals surface area contributed by atoms with Gasteiger partial charge in [-0.3, -0.25) is 9.59 Å². The number of fused-ring (bicyclic) bond motifs is 1. The highest BCUT2D eigenvalue weighted by molar-refractivity contribution is 6.06. The fourth-order valence-corrected chi connectivity index (χ4v) is 8.57. The van der Waals surface area contributed by atoms with Gasteiger partial charge in [-0.15, -0.1) is 6.58 Å². The number of ether oxygens (including phenoxy) is 1. The van der Waals surface area contributed by atoms with Crippen LogP contribution in [0.2, 0.25) is 0 Å². The summed E-state index contributed by atoms with van der Waals surface area (Å²) in [4.78, 5) is 60.7. The average Bonchev–Trinajstić information content (AvgIpc) is 3.54. The Labute approximate surface area is 263 Å². The first kappa shape index (κ1) is 34.1. The molecule has 45 heavy (non-hydrogen) atoms. The standard InChI is InChI=1S/C30H40N2O5.C4H4O4/c1-6-28(4)14-23(37-27(36)32-16-21-19(15-31)8-7-9-20(21)26(32)35)29(5)17(2)10-12-30(18(3)25(28)34)13-11-22(33)24(29)30;5-3(6)1-2-4(7)8/h6-9,17-18,23-25,34H,1,10-16,31H2,2-5H3;1-2H,(H,5,6)(H,7,8)/b;2-1+/t17-,18+,23-,24?,25+,28-,29+,30+;/m1./s1. The van der Waals surface area contributed by atoms with Crippen LogP contribution in [0.5, 0.6) is 0 Å². The van der Waals surface area contributed by atoms with Crippen LogP contribution in [-0.2, 0) is 32.2 Å². The Morgan fingerprint density at radius 2 is 1.76 bits per heavy atom. The summed E-state index contributed by atoms with van der Waals surface area (Å²) in [5.74, 6) is -2.99. The van der Waals surface area contributed by atoms with E-state index in [9.17, 15) is 29.1 Å². The van der Waals surface area contributed by atoms with Crippen molar-refractivity contribution in [1.29, 1.82) is 0 Å². The molecule has 2 amide bonds. The number of hydrogen-bond donors (Lipinski definition) is 4. The number of carboxylic acid groups (broad SMARTS) is 2. The first-order chi connectivity index (χ1) is 21.1. The van der Waals surface area contributed by atoms with Gasteiger partial charge in [-0.2, -0.15) is 0 Å². The lowest BCUT2D eigenvalue weighted by molar-refractivity contribution is -0.192. The van der Waals surface area contributed by atoms with Crippen molar-refractivity contribution in [2.75, 3.05) is 0 Å². The molecule has 2 bridgehead atoms. The highest BCUT2D eigenvalue weighted by Crippen LogP contribution is 2.68. The third kappa shape index (κ3) is 5.72. The molecule has 1 heterocycles. The number of aliphatic hydroxyl groups excluding tert-OH is 1. The van der Waals surface area contributed by atoms with Gasteiger partial charge in [0.25, 0.3) is 5.91 Å². The van der Waals surface area contributed by atoms with E-state index in [1.165, 1.54) is 0 Å². The normalized spacial score (nSPS) is 35.4. The highest BCUT2D eigenvalue weighted by atomic mass is 16.6. The van der Waals surface area contributed by atoms with Crippen molar-refractivity contribution in [3.8, 4) is 0 Å². The number of nitrogens with zero attached hydrogens (tertiary/aromatic N) is 1. The molecule has 0 radical (unpaired) electrons. The predicted octanol–water partition coefficient (Wildman–Crippen LogP) is 4.31. The van der Waals surface area contributed by atoms with Crippen molar-refractivity contribution >= 4 is 29.7 Å². The van der Waals surface area contributed by atoms with Gasteiger partial charge < -0.3 is 25.8 Å². The Balaban J connectivity index is 0.000000510. The highest BCUT2D eigenvalue weighted by Gasteiger charge is 2.68. The molecule has 3 fully saturated rings. The van der Waals surface area contributed by atoms with E-state index in [1.807, 2.05) is 13.0 Å². The molecule has 1 aromatic carbocycles. The molecule has 0 spiro atoms. The minimum Gasteiger partial charge on any atom is -0.478 e. The molecule has 5 N–H and O–H groups in total. The number of ketones is 1. The minimum atomic E-state index is -1.26. The lowest BCUT2D eigenvalue weighted by Gasteiger charge is -2.61. The summed E-state index contributed by atoms with van der Waals surface area (Å²) in [6.07, 6.45) is 4.10. The van der Waals surface area contributed by atoms with Gasteiger partial charge in [0.15, 0.2) is 0 Å². The molecule has 5 rings (SSSR count). The van der Waals surface area contributed by atoms with Gasteiger partial charge in [0.1, 0.15) is 11.9 Å². The van der Waals surface area contributed by atoms with E-state index in [0.29, 0.717) is 30.6 Å². The molecule has 244 valence electrons. The fourth-order valence-electron chi connectivity index (χ4n) is 8.57. The second-order valence-corrected chi connectivity index (χ2v) is 13.5. The smallest absolute Gasteiger partial charge is 0.417 e. The van der Waals surface area contributed by atoms with Crippen LogP contribution in [0.1, 0.15) is 81.3 Å². The zero-order valence-corrected chi connectivity index (χ0v) is 26.3. The summed E-state index contributed by atoms with van der Waals surface area (Å²) in [5, 5.41) is 27.3. The Kier molecular flexibility index (Phi) is 9.47. The molecule has 0 aromatic heterocycles. The Bertz CT molecular complexity index is 1420. The van der Waals surface area contributed by atoms with Crippen LogP contribution in [0.4, 0.5) is 4.79 Å². The number of carboxylic acids is 2. The molecule has 1 unspecified atom stereocenters. The largest absolute Gasteiger partial charge is 0.478 e. The second-order valence-electron chi connectivity index (χ2n) is 13.5. The summed E-state index contributed by atoms with van der Waals surface area (Å²) in [5.41, 5.74) is 6.24. The summed E-state index contributed by atoms with van der Waals surface area (Å²) in [7, 11) is 0. The first-order valence-electron chi connectivity index (χ1n) is 15.4. The SMILES string of the molecule is C=C[C@]1(C)C[C@@H](OC(=O)N2Cc3c(CN)cccc3C2=O)[C@@]2(C)C3C(=O)CC[C@@]3(CC[C@H]2C)[C@@H](C)[C@@H]1O.O=C(O)/C=C/C(=O)O. The molecule has 11 nitrogen and oxygen atoms in total. The van der Waals surface area contributed by atoms with E-state index >= 15 is 0 Å². The van der Waals surface area contributed by atoms with Gasteiger partial charge in [-0.1, -0.05) is 45.9 Å². The minimum absolute atomic E-state index is 0.0974. The first-order valence-corrected chi connectivity index (χ1v) is 15.4. The molecular weight excluding hydrogens is 580 g/mol. The van der Waals surface area contributed by atoms with E-state index in [-0.39, 0.29) is 42.0 Å². The summed E-state index contributed by atoms with van der Waals surface area (Å²) < 4.78 is 6.30. The number of aliphatic carboxylic acids is 2. The van der Waals surface area contributed by atoms with E-state index in [4.69, 9.17) is 20.7 Å². The van der Waals surface area contributed by atoms with E-state index in [2.05, 4.69) is 27.4 Å². The van der Waals surface area contributed by atoms with E-state index in [1.54, 1.807) is 18.2 Å². The summed E-state index contributed by atoms with van der Waals surface area (Å²) >= 11 is 0. The molecule has 4 aliphatic rings. The van der Waals surface area contributed by atoms with E-state index in [0.717, 1.165) is 35.3 Å². The van der Waals surface area contributed by atoms with Crippen LogP contribution in [-0.4, -0.2) is 62.1 Å². The fraction of sp³-hybridized carbons (Fsp3) is 0.559. The van der Waals surface area contributed by atoms with Crippen molar-refractivity contribution in [1.82, 2.24) is 4.90 Å². The zero-order valence-electron chi connectivity index (χ0n) is 26.3. The van der Waals surface area contributed by atoms with Crippen LogP contribution in [0.15, 0.2) is 43.0 Å². The van der Waals surface area contributed by atoms with Gasteiger partial charge in [0.2, 0.25) is 0 Å². The Morgan fingerprint density at radius 3 is 2.33 bits per heavy atom. The molecule has 1 aliphatic heterocycles. The third-order valence-corrected chi connectivity index (χ3v) is 11.4. The number of Topliss-reactive ketones (excluding diaryl/α,β-unsaturated/α-hetero) is 1. The van der Waals surface area contributed by atoms with Crippen molar-refractivity contribution in [2.24, 2.45) is 39.7 Å². The summed E-state index contributed by atoms with van der Waals surface area (Å²) in [6, 6.07) is 5.35. The number of carbonyl (C=O) groups excluding carboxylic acids is 3. The number of carbonyl (C=O) groups is 5. The van der Waals surface area contributed by atoms with Gasteiger partial charge >= 0.3 is 18.0 Å². The summed E-state index contributed by atoms with van der Waals surface area (Å²) in [6.45, 7) is 12.7. The second kappa shape index (κ2) is 12.5. The third-order valence-electron chi connectivity index (χ3n) is 11.4. The van der Waals surface area contributed by atoms with Crippen LogP contribution >= 0.6 is 0 Å². The quantitative estimate of drug-likeness (QED) is 0.272. The lowest BCUT2D eigenvalue weighted by Crippen LogP contribution is -2.63. The van der Waals surface area contributed by atoms with Crippen LogP contribution < -0.4 is 5.73 Å². The average molecular weight is 625 g/mol. The maximum atomic E-state index is 13.7. The van der Waals surface area contributed by atoms with Gasteiger partial charge in [0, 0.05) is 47.4 Å². The zero-order chi connectivity index (χ0) is 33.5. The maximum absolute atomic E-state index is 13.7. The van der Waals surface area contributed by atoms with E-state index < -0.39 is 47.0 Å². The number of nitrogens with two attached hydrogens (primary N) is 1. The number of amides is 2. The predicted molar refractivity (Wildman–Crippen MR) is 164 cm³/mol. The van der Waals surface area contributed by atoms with Gasteiger partial charge in [-0.25, -0.2) is 19.3 Å². The van der Waals surface area contributed by atoms with Crippen LogP contribution in [0.25, 0.3) is 0 Å². The maximum Gasteiger partial charge on any atom is 0.417 e. The molecule has 11 heteroatoms. The molecule has 0 saturated heterocycles. The monoisotopic (exact) mass is 624 g/mol. The molecule has 1 aromatic rings. The van der Waals surface area contributed by atoms with Crippen LogP contribution in [0, 0.1) is 34.0 Å². The number of imide groups is 1. The number of benzene rings is 1. The molecule has 3 aliphatic carbocycles. The number of hydrogen-bond acceptors (Lipinski definition) is 8. The Morgan fingerprint density at radius 1 is 1.11 bits per heavy atom. The topological polar surface area (TPSA) is 185 Å². The number of aliphatic hydroxyl groups is 1. The van der Waals surface area contributed by atoms with Crippen molar-refractivity contribution in [2.45, 2.75) is 85.1 Å². The van der Waals surface area contributed by atoms with Gasteiger partial charge in [0.05, 0.1) is 12.6 Å². The Hall–Kier alpha value is -3.83. The van der Waals surface area contributed by atoms with Crippen LogP contribution in [0.3, 0.4) is 0 Å². The molecule has 3 saturated carbocycles. The molecule has 8 atom stereocenters. The van der Waals surface area contributed by atoms with Crippen molar-refractivity contribution in [3.63, 3.8) is 0 Å². The molecular formula is C34H44N2O9. The van der Waals surface area contributed by atoms with Gasteiger partial charge in [-0.05, 0) is 60.1 Å². The number of rotatable bonds is 5. The lowest BCUT2D eigenvalue weighted by atomic mass is 9.44.